The van der Waals surface area contributed by atoms with Gasteiger partial charge in [-0.3, -0.25) is 9.48 Å². The van der Waals surface area contributed by atoms with Crippen LogP contribution < -0.4 is 0 Å². The first-order valence-corrected chi connectivity index (χ1v) is 7.02. The highest BCUT2D eigenvalue weighted by molar-refractivity contribution is 9.10. The van der Waals surface area contributed by atoms with Gasteiger partial charge in [0.05, 0.1) is 27.8 Å². The lowest BCUT2D eigenvalue weighted by Crippen LogP contribution is -2.12. The summed E-state index contributed by atoms with van der Waals surface area (Å²) in [5, 5.41) is 4.20. The maximum absolute atomic E-state index is 13.6. The highest BCUT2D eigenvalue weighted by Gasteiger charge is 2.22. The number of rotatable bonds is 4. The van der Waals surface area contributed by atoms with Gasteiger partial charge in [0.1, 0.15) is 17.5 Å². The van der Waals surface area contributed by atoms with Crippen LogP contribution in [0.2, 0.25) is 0 Å². The standard InChI is InChI=1S/C14H12BrF3N2O/c1-3-10-14(15)11(20(2)19-10)6-12(21)13-8(17)4-7(16)5-9(13)18/h4-5H,3,6H2,1-2H3. The van der Waals surface area contributed by atoms with E-state index in [9.17, 15) is 18.0 Å². The Balaban J connectivity index is 2.37. The second kappa shape index (κ2) is 6.01. The number of benzene rings is 1. The van der Waals surface area contributed by atoms with Crippen LogP contribution >= 0.6 is 15.9 Å². The molecular weight excluding hydrogens is 349 g/mol. The summed E-state index contributed by atoms with van der Waals surface area (Å²) in [5.74, 6) is -4.23. The van der Waals surface area contributed by atoms with Gasteiger partial charge in [-0.1, -0.05) is 6.92 Å². The third-order valence-corrected chi connectivity index (χ3v) is 4.03. The molecule has 0 atom stereocenters. The Labute approximate surface area is 127 Å². The molecule has 1 aromatic carbocycles. The fourth-order valence-corrected chi connectivity index (χ4v) is 2.82. The first-order valence-electron chi connectivity index (χ1n) is 6.23. The van der Waals surface area contributed by atoms with Crippen molar-refractivity contribution in [2.75, 3.05) is 0 Å². The Morgan fingerprint density at radius 2 is 1.86 bits per heavy atom. The topological polar surface area (TPSA) is 34.9 Å². The number of carbonyl (C=O) groups is 1. The van der Waals surface area contributed by atoms with Gasteiger partial charge in [0.2, 0.25) is 0 Å². The van der Waals surface area contributed by atoms with Crippen molar-refractivity contribution in [3.63, 3.8) is 0 Å². The molecule has 0 saturated carbocycles. The lowest BCUT2D eigenvalue weighted by Gasteiger charge is -2.06. The van der Waals surface area contributed by atoms with Crippen LogP contribution in [0.15, 0.2) is 16.6 Å². The number of halogens is 4. The summed E-state index contributed by atoms with van der Waals surface area (Å²) in [6, 6.07) is 0.984. The largest absolute Gasteiger partial charge is 0.294 e. The van der Waals surface area contributed by atoms with Crippen molar-refractivity contribution in [3.8, 4) is 0 Å². The van der Waals surface area contributed by atoms with Crippen molar-refractivity contribution in [2.45, 2.75) is 19.8 Å². The molecule has 0 spiro atoms. The summed E-state index contributed by atoms with van der Waals surface area (Å²) < 4.78 is 42.2. The molecule has 1 aromatic heterocycles. The number of hydrogen-bond donors (Lipinski definition) is 0. The Morgan fingerprint density at radius 3 is 2.33 bits per heavy atom. The van der Waals surface area contributed by atoms with E-state index in [0.717, 1.165) is 5.69 Å². The normalized spacial score (nSPS) is 11.0. The minimum Gasteiger partial charge on any atom is -0.294 e. The van der Waals surface area contributed by atoms with E-state index >= 15 is 0 Å². The molecule has 0 aliphatic carbocycles. The third-order valence-electron chi connectivity index (χ3n) is 3.12. The van der Waals surface area contributed by atoms with Crippen LogP contribution in [-0.4, -0.2) is 15.6 Å². The summed E-state index contributed by atoms with van der Waals surface area (Å²) in [5.41, 5.74) is 0.530. The summed E-state index contributed by atoms with van der Waals surface area (Å²) in [7, 11) is 1.64. The molecule has 2 aromatic rings. The molecule has 0 amide bonds. The molecule has 0 fully saturated rings. The molecule has 21 heavy (non-hydrogen) atoms. The number of carbonyl (C=O) groups excluding carboxylic acids is 1. The van der Waals surface area contributed by atoms with Gasteiger partial charge in [-0.05, 0) is 22.4 Å². The van der Waals surface area contributed by atoms with E-state index in [1.165, 1.54) is 4.68 Å². The maximum atomic E-state index is 13.6. The lowest BCUT2D eigenvalue weighted by molar-refractivity contribution is 0.0982. The summed E-state index contributed by atoms with van der Waals surface area (Å²) in [6.07, 6.45) is 0.422. The van der Waals surface area contributed by atoms with Crippen molar-refractivity contribution in [1.82, 2.24) is 9.78 Å². The van der Waals surface area contributed by atoms with Crippen molar-refractivity contribution in [3.05, 3.63) is 51.0 Å². The molecule has 2 rings (SSSR count). The van der Waals surface area contributed by atoms with E-state index in [1.54, 1.807) is 7.05 Å². The van der Waals surface area contributed by atoms with E-state index in [1.807, 2.05) is 6.92 Å². The Kier molecular flexibility index (Phi) is 4.51. The summed E-state index contributed by atoms with van der Waals surface area (Å²) >= 11 is 3.33. The lowest BCUT2D eigenvalue weighted by atomic mass is 10.0. The average molecular weight is 361 g/mol. The van der Waals surface area contributed by atoms with Crippen LogP contribution in [0.5, 0.6) is 0 Å². The van der Waals surface area contributed by atoms with Gasteiger partial charge in [0, 0.05) is 19.2 Å². The highest BCUT2D eigenvalue weighted by atomic mass is 79.9. The number of aryl methyl sites for hydroxylation is 2. The number of hydrogen-bond acceptors (Lipinski definition) is 2. The minimum absolute atomic E-state index is 0.233. The molecule has 3 nitrogen and oxygen atoms in total. The zero-order valence-electron chi connectivity index (χ0n) is 11.4. The first-order chi connectivity index (χ1) is 9.85. The molecule has 0 radical (unpaired) electrons. The van der Waals surface area contributed by atoms with E-state index in [-0.39, 0.29) is 6.42 Å². The maximum Gasteiger partial charge on any atom is 0.174 e. The van der Waals surface area contributed by atoms with Gasteiger partial charge in [0.15, 0.2) is 5.78 Å². The molecule has 0 aliphatic heterocycles. The highest BCUT2D eigenvalue weighted by Crippen LogP contribution is 2.24. The van der Waals surface area contributed by atoms with Crippen molar-refractivity contribution < 1.29 is 18.0 Å². The zero-order chi connectivity index (χ0) is 15.7. The van der Waals surface area contributed by atoms with Crippen LogP contribution in [0.4, 0.5) is 13.2 Å². The zero-order valence-corrected chi connectivity index (χ0v) is 13.0. The number of ketones is 1. The summed E-state index contributed by atoms with van der Waals surface area (Å²) in [6.45, 7) is 1.90. The number of Topliss-reactive ketones (excluding diaryl/α,β-unsaturated/α-hetero) is 1. The van der Waals surface area contributed by atoms with Gasteiger partial charge in [-0.25, -0.2) is 13.2 Å². The number of aromatic nitrogens is 2. The predicted molar refractivity (Wildman–Crippen MR) is 74.6 cm³/mol. The van der Waals surface area contributed by atoms with E-state index in [0.29, 0.717) is 28.7 Å². The van der Waals surface area contributed by atoms with Gasteiger partial charge < -0.3 is 0 Å². The molecule has 0 saturated heterocycles. The van der Waals surface area contributed by atoms with E-state index < -0.39 is 28.8 Å². The van der Waals surface area contributed by atoms with Crippen LogP contribution in [0.25, 0.3) is 0 Å². The van der Waals surface area contributed by atoms with Crippen LogP contribution in [0.3, 0.4) is 0 Å². The Bertz CT molecular complexity index is 689. The van der Waals surface area contributed by atoms with Crippen molar-refractivity contribution >= 4 is 21.7 Å². The molecule has 7 heteroatoms. The fraction of sp³-hybridized carbons (Fsp3) is 0.286. The van der Waals surface area contributed by atoms with Crippen LogP contribution in [-0.2, 0) is 19.9 Å². The molecule has 0 bridgehead atoms. The second-order valence-corrected chi connectivity index (χ2v) is 5.32. The molecule has 0 unspecified atom stereocenters. The first kappa shape index (κ1) is 15.8. The molecule has 0 N–H and O–H groups in total. The van der Waals surface area contributed by atoms with Gasteiger partial charge in [0.25, 0.3) is 0 Å². The summed E-state index contributed by atoms with van der Waals surface area (Å²) in [4.78, 5) is 12.1. The second-order valence-electron chi connectivity index (χ2n) is 4.53. The minimum atomic E-state index is -1.20. The predicted octanol–water partition coefficient (Wildman–Crippen LogP) is 3.59. The monoisotopic (exact) mass is 360 g/mol. The molecular formula is C14H12BrF3N2O. The molecule has 1 heterocycles. The molecule has 112 valence electrons. The third kappa shape index (κ3) is 3.02. The Morgan fingerprint density at radius 1 is 1.29 bits per heavy atom. The van der Waals surface area contributed by atoms with E-state index in [2.05, 4.69) is 21.0 Å². The average Bonchev–Trinajstić information content (AvgIpc) is 2.65. The SMILES string of the molecule is CCc1nn(C)c(CC(=O)c2c(F)cc(F)cc2F)c1Br. The quantitative estimate of drug-likeness (QED) is 0.781. The van der Waals surface area contributed by atoms with Crippen LogP contribution in [0.1, 0.15) is 28.7 Å². The fourth-order valence-electron chi connectivity index (χ4n) is 2.06. The Hall–Kier alpha value is -1.63. The van der Waals surface area contributed by atoms with Crippen molar-refractivity contribution in [2.24, 2.45) is 7.05 Å². The van der Waals surface area contributed by atoms with Gasteiger partial charge in [-0.2, -0.15) is 5.10 Å². The van der Waals surface area contributed by atoms with Crippen LogP contribution in [0, 0.1) is 17.5 Å². The van der Waals surface area contributed by atoms with Gasteiger partial charge >= 0.3 is 0 Å². The van der Waals surface area contributed by atoms with E-state index in [4.69, 9.17) is 0 Å². The van der Waals surface area contributed by atoms with Gasteiger partial charge in [-0.15, -0.1) is 0 Å². The molecule has 0 aliphatic rings. The smallest absolute Gasteiger partial charge is 0.174 e. The van der Waals surface area contributed by atoms with Crippen molar-refractivity contribution in [1.29, 1.82) is 0 Å². The number of nitrogens with zero attached hydrogens (tertiary/aromatic N) is 2.